The van der Waals surface area contributed by atoms with Gasteiger partial charge in [0.15, 0.2) is 5.69 Å². The van der Waals surface area contributed by atoms with Crippen LogP contribution in [0.4, 0.5) is 11.4 Å². The van der Waals surface area contributed by atoms with E-state index in [1.54, 1.807) is 55.5 Å². The normalized spacial score (nSPS) is 10.5. The predicted molar refractivity (Wildman–Crippen MR) is 104 cm³/mol. The molecule has 1 heterocycles. The van der Waals surface area contributed by atoms with Gasteiger partial charge in [0, 0.05) is 17.4 Å². The largest absolute Gasteiger partial charge is 0.361 e. The number of halogens is 2. The Morgan fingerprint density at radius 3 is 2.22 bits per heavy atom. The molecule has 0 fully saturated rings. The molecule has 2 N–H and O–H groups in total. The van der Waals surface area contributed by atoms with E-state index in [1.807, 2.05) is 0 Å². The van der Waals surface area contributed by atoms with Crippen molar-refractivity contribution in [2.75, 3.05) is 10.6 Å². The van der Waals surface area contributed by atoms with Gasteiger partial charge in [0.25, 0.3) is 5.91 Å². The lowest BCUT2D eigenvalue weighted by Gasteiger charge is -2.08. The van der Waals surface area contributed by atoms with Crippen molar-refractivity contribution in [2.45, 2.75) is 13.3 Å². The van der Waals surface area contributed by atoms with Crippen LogP contribution in [0.3, 0.4) is 0 Å². The molecule has 0 radical (unpaired) electrons. The minimum Gasteiger partial charge on any atom is -0.361 e. The van der Waals surface area contributed by atoms with E-state index >= 15 is 0 Å². The summed E-state index contributed by atoms with van der Waals surface area (Å²) in [7, 11) is 0. The van der Waals surface area contributed by atoms with Gasteiger partial charge in [-0.2, -0.15) is 0 Å². The molecule has 0 spiro atoms. The number of aryl methyl sites for hydroxylation is 1. The number of benzene rings is 2. The van der Waals surface area contributed by atoms with E-state index in [4.69, 9.17) is 27.7 Å². The highest BCUT2D eigenvalue weighted by Crippen LogP contribution is 2.23. The second-order valence-electron chi connectivity index (χ2n) is 5.83. The molecule has 8 heteroatoms. The number of carbonyl (C=O) groups is 2. The van der Waals surface area contributed by atoms with E-state index < -0.39 is 0 Å². The van der Waals surface area contributed by atoms with E-state index in [-0.39, 0.29) is 23.9 Å². The molecule has 0 aliphatic carbocycles. The zero-order chi connectivity index (χ0) is 19.4. The van der Waals surface area contributed by atoms with Gasteiger partial charge in [0.2, 0.25) is 5.91 Å². The van der Waals surface area contributed by atoms with Crippen molar-refractivity contribution < 1.29 is 14.1 Å². The van der Waals surface area contributed by atoms with Crippen LogP contribution in [0.15, 0.2) is 53.1 Å². The zero-order valence-electron chi connectivity index (χ0n) is 14.3. The first-order valence-corrected chi connectivity index (χ1v) is 8.75. The Morgan fingerprint density at radius 2 is 1.63 bits per heavy atom. The summed E-state index contributed by atoms with van der Waals surface area (Å²) in [5.41, 5.74) is 2.14. The number of nitrogens with one attached hydrogen (secondary N) is 2. The fourth-order valence-corrected chi connectivity index (χ4v) is 2.67. The molecular formula is C19H15Cl2N3O3. The van der Waals surface area contributed by atoms with Gasteiger partial charge >= 0.3 is 0 Å². The van der Waals surface area contributed by atoms with Crippen LogP contribution in [0.25, 0.3) is 0 Å². The lowest BCUT2D eigenvalue weighted by atomic mass is 10.1. The molecule has 138 valence electrons. The maximum Gasteiger partial charge on any atom is 0.277 e. The van der Waals surface area contributed by atoms with Gasteiger partial charge in [-0.25, -0.2) is 0 Å². The summed E-state index contributed by atoms with van der Waals surface area (Å²) >= 11 is 11.8. The predicted octanol–water partition coefficient (Wildman–Crippen LogP) is 4.72. The third kappa shape index (κ3) is 5.09. The molecule has 2 amide bonds. The number of nitrogens with zero attached hydrogens (tertiary/aromatic N) is 1. The molecule has 0 saturated heterocycles. The maximum atomic E-state index is 12.2. The summed E-state index contributed by atoms with van der Waals surface area (Å²) < 4.78 is 4.87. The maximum absolute atomic E-state index is 12.2. The lowest BCUT2D eigenvalue weighted by Crippen LogP contribution is -2.15. The highest BCUT2D eigenvalue weighted by molar-refractivity contribution is 6.42. The van der Waals surface area contributed by atoms with Gasteiger partial charge in [-0.05, 0) is 48.9 Å². The topological polar surface area (TPSA) is 84.2 Å². The summed E-state index contributed by atoms with van der Waals surface area (Å²) in [4.78, 5) is 24.2. The fraction of sp³-hybridized carbons (Fsp3) is 0.105. The molecule has 0 atom stereocenters. The number of anilines is 2. The van der Waals surface area contributed by atoms with E-state index in [2.05, 4.69) is 15.8 Å². The van der Waals surface area contributed by atoms with Gasteiger partial charge in [0.05, 0.1) is 16.5 Å². The van der Waals surface area contributed by atoms with E-state index in [0.717, 1.165) is 5.56 Å². The van der Waals surface area contributed by atoms with Crippen molar-refractivity contribution in [1.29, 1.82) is 0 Å². The smallest absolute Gasteiger partial charge is 0.277 e. The Bertz CT molecular complexity index is 984. The zero-order valence-corrected chi connectivity index (χ0v) is 15.8. The fourth-order valence-electron chi connectivity index (χ4n) is 2.35. The number of hydrogen-bond acceptors (Lipinski definition) is 4. The molecule has 2 aromatic carbocycles. The Labute approximate surface area is 165 Å². The van der Waals surface area contributed by atoms with Crippen LogP contribution in [0.1, 0.15) is 21.8 Å². The van der Waals surface area contributed by atoms with Crippen LogP contribution >= 0.6 is 23.2 Å². The van der Waals surface area contributed by atoms with Crippen LogP contribution in [0.5, 0.6) is 0 Å². The number of rotatable bonds is 5. The lowest BCUT2D eigenvalue weighted by molar-refractivity contribution is -0.115. The first kappa shape index (κ1) is 18.9. The summed E-state index contributed by atoms with van der Waals surface area (Å²) in [5.74, 6) is -0.00770. The second-order valence-corrected chi connectivity index (χ2v) is 6.64. The van der Waals surface area contributed by atoms with Crippen molar-refractivity contribution in [3.8, 4) is 0 Å². The summed E-state index contributed by atoms with van der Waals surface area (Å²) in [6, 6.07) is 13.4. The van der Waals surface area contributed by atoms with Gasteiger partial charge < -0.3 is 15.2 Å². The summed E-state index contributed by atoms with van der Waals surface area (Å²) in [6.07, 6.45) is 0.168. The molecule has 0 bridgehead atoms. The Morgan fingerprint density at radius 1 is 0.963 bits per heavy atom. The van der Waals surface area contributed by atoms with E-state index in [1.165, 1.54) is 0 Å². The third-order valence-electron chi connectivity index (χ3n) is 3.64. The van der Waals surface area contributed by atoms with Gasteiger partial charge in [-0.15, -0.1) is 0 Å². The first-order chi connectivity index (χ1) is 12.9. The van der Waals surface area contributed by atoms with E-state index in [9.17, 15) is 9.59 Å². The van der Waals surface area contributed by atoms with Crippen molar-refractivity contribution >= 4 is 46.4 Å². The standard InChI is InChI=1S/C19H15Cl2N3O3/c1-11-8-17(24-27-11)19(26)23-14-5-3-13(4-6-14)22-18(25)10-12-2-7-15(20)16(21)9-12/h2-9H,10H2,1H3,(H,22,25)(H,23,26). The molecule has 27 heavy (non-hydrogen) atoms. The van der Waals surface area contributed by atoms with Gasteiger partial charge in [0.1, 0.15) is 5.76 Å². The minimum atomic E-state index is -0.372. The Balaban J connectivity index is 1.57. The van der Waals surface area contributed by atoms with Crippen LogP contribution in [-0.2, 0) is 11.2 Å². The average Bonchev–Trinajstić information content (AvgIpc) is 3.06. The monoisotopic (exact) mass is 403 g/mol. The molecule has 0 unspecified atom stereocenters. The SMILES string of the molecule is Cc1cc(C(=O)Nc2ccc(NC(=O)Cc3ccc(Cl)c(Cl)c3)cc2)no1. The van der Waals surface area contributed by atoms with Crippen LogP contribution in [0.2, 0.25) is 10.0 Å². The molecule has 3 rings (SSSR count). The number of amides is 2. The number of aromatic nitrogens is 1. The highest BCUT2D eigenvalue weighted by atomic mass is 35.5. The quantitative estimate of drug-likeness (QED) is 0.644. The second kappa shape index (κ2) is 8.24. The number of hydrogen-bond donors (Lipinski definition) is 2. The molecule has 0 saturated carbocycles. The minimum absolute atomic E-state index is 0.168. The first-order valence-electron chi connectivity index (χ1n) is 7.99. The van der Waals surface area contributed by atoms with Crippen LogP contribution in [0, 0.1) is 6.92 Å². The summed E-state index contributed by atoms with van der Waals surface area (Å²) in [6.45, 7) is 1.71. The summed E-state index contributed by atoms with van der Waals surface area (Å²) in [5, 5.41) is 10.00. The van der Waals surface area contributed by atoms with Gasteiger partial charge in [-0.1, -0.05) is 34.4 Å². The molecule has 0 aliphatic heterocycles. The molecule has 0 aliphatic rings. The number of carbonyl (C=O) groups excluding carboxylic acids is 2. The van der Waals surface area contributed by atoms with Crippen LogP contribution < -0.4 is 10.6 Å². The Hall–Kier alpha value is -2.83. The third-order valence-corrected chi connectivity index (χ3v) is 4.37. The van der Waals surface area contributed by atoms with Crippen molar-refractivity contribution in [3.63, 3.8) is 0 Å². The van der Waals surface area contributed by atoms with Crippen molar-refractivity contribution in [2.24, 2.45) is 0 Å². The molecular weight excluding hydrogens is 389 g/mol. The van der Waals surface area contributed by atoms with Crippen molar-refractivity contribution in [1.82, 2.24) is 5.16 Å². The molecule has 6 nitrogen and oxygen atoms in total. The van der Waals surface area contributed by atoms with Gasteiger partial charge in [-0.3, -0.25) is 9.59 Å². The molecule has 3 aromatic rings. The highest BCUT2D eigenvalue weighted by Gasteiger charge is 2.11. The Kier molecular flexibility index (Phi) is 5.78. The average molecular weight is 404 g/mol. The van der Waals surface area contributed by atoms with Crippen molar-refractivity contribution in [3.05, 3.63) is 75.6 Å². The van der Waals surface area contributed by atoms with Crippen LogP contribution in [-0.4, -0.2) is 17.0 Å². The molecule has 1 aromatic heterocycles. The van der Waals surface area contributed by atoms with E-state index in [0.29, 0.717) is 27.2 Å².